The summed E-state index contributed by atoms with van der Waals surface area (Å²) in [5.74, 6) is 1.56. The number of benzene rings is 1. The predicted octanol–water partition coefficient (Wildman–Crippen LogP) is 5.19. The van der Waals surface area contributed by atoms with Crippen LogP contribution in [0.15, 0.2) is 24.3 Å². The Kier molecular flexibility index (Phi) is 6.33. The van der Waals surface area contributed by atoms with Crippen molar-refractivity contribution in [1.82, 2.24) is 0 Å². The molecule has 1 aliphatic carbocycles. The van der Waals surface area contributed by atoms with Crippen LogP contribution in [-0.4, -0.2) is 5.97 Å². The van der Waals surface area contributed by atoms with Gasteiger partial charge >= 0.3 is 5.97 Å². The zero-order chi connectivity index (χ0) is 14.4. The lowest BCUT2D eigenvalue weighted by molar-refractivity contribution is -0.140. The largest absolute Gasteiger partial charge is 0.426 e. The smallest absolute Gasteiger partial charge is 0.314 e. The van der Waals surface area contributed by atoms with Gasteiger partial charge in [-0.15, -0.1) is 0 Å². The normalized spacial score (nSPS) is 22.5. The average molecular weight is 386 g/mol. The molecule has 2 rings (SSSR count). The lowest BCUT2D eigenvalue weighted by atomic mass is 9.80. The molecule has 0 radical (unpaired) electrons. The number of hydrogen-bond donors (Lipinski definition) is 0. The molecule has 0 N–H and O–H groups in total. The van der Waals surface area contributed by atoms with Crippen molar-refractivity contribution in [2.24, 2.45) is 11.8 Å². The molecule has 1 saturated carbocycles. The molecule has 0 bridgehead atoms. The second-order valence-corrected chi connectivity index (χ2v) is 6.98. The van der Waals surface area contributed by atoms with Crippen LogP contribution < -0.4 is 4.74 Å². The molecule has 1 aromatic rings. The first-order valence-corrected chi connectivity index (χ1v) is 8.74. The third-order valence-corrected chi connectivity index (χ3v) is 4.90. The van der Waals surface area contributed by atoms with Crippen LogP contribution in [-0.2, 0) is 4.79 Å². The van der Waals surface area contributed by atoms with Crippen LogP contribution in [0.1, 0.15) is 51.9 Å². The third kappa shape index (κ3) is 4.76. The fourth-order valence-electron chi connectivity index (χ4n) is 2.88. The van der Waals surface area contributed by atoms with Crippen molar-refractivity contribution in [2.75, 3.05) is 0 Å². The lowest BCUT2D eigenvalue weighted by Crippen LogP contribution is -2.25. The van der Waals surface area contributed by atoms with Crippen molar-refractivity contribution >= 4 is 28.6 Å². The zero-order valence-electron chi connectivity index (χ0n) is 12.1. The summed E-state index contributed by atoms with van der Waals surface area (Å²) in [5.41, 5.74) is 0. The highest BCUT2D eigenvalue weighted by molar-refractivity contribution is 14.1. The van der Waals surface area contributed by atoms with Crippen molar-refractivity contribution in [3.8, 4) is 5.75 Å². The van der Waals surface area contributed by atoms with E-state index < -0.39 is 0 Å². The average Bonchev–Trinajstić information content (AvgIpc) is 2.48. The quantitative estimate of drug-likeness (QED) is 0.395. The zero-order valence-corrected chi connectivity index (χ0v) is 14.3. The molecule has 0 aromatic heterocycles. The summed E-state index contributed by atoms with van der Waals surface area (Å²) >= 11 is 2.25. The van der Waals surface area contributed by atoms with Crippen LogP contribution in [0.4, 0.5) is 0 Å². The molecule has 0 amide bonds. The summed E-state index contributed by atoms with van der Waals surface area (Å²) in [6.07, 6.45) is 8.29. The minimum Gasteiger partial charge on any atom is -0.426 e. The molecule has 0 heterocycles. The number of esters is 1. The number of carbonyl (C=O) groups is 1. The lowest BCUT2D eigenvalue weighted by Gasteiger charge is -2.27. The summed E-state index contributed by atoms with van der Waals surface area (Å²) in [6.45, 7) is 2.24. The Hall–Kier alpha value is -0.580. The summed E-state index contributed by atoms with van der Waals surface area (Å²) in [5, 5.41) is 0. The van der Waals surface area contributed by atoms with Gasteiger partial charge in [0.05, 0.1) is 5.92 Å². The number of halogens is 1. The van der Waals surface area contributed by atoms with Gasteiger partial charge in [-0.1, -0.05) is 26.2 Å². The summed E-state index contributed by atoms with van der Waals surface area (Å²) < 4.78 is 6.63. The molecule has 1 fully saturated rings. The van der Waals surface area contributed by atoms with Gasteiger partial charge in [0.1, 0.15) is 5.75 Å². The van der Waals surface area contributed by atoms with Crippen LogP contribution in [0.3, 0.4) is 0 Å². The number of carbonyl (C=O) groups excluding carboxylic acids is 1. The highest BCUT2D eigenvalue weighted by Crippen LogP contribution is 2.32. The Bertz CT molecular complexity index is 419. The molecule has 0 atom stereocenters. The van der Waals surface area contributed by atoms with E-state index in [-0.39, 0.29) is 11.9 Å². The number of ether oxygens (including phenoxy) is 1. The Morgan fingerprint density at radius 1 is 1.20 bits per heavy atom. The maximum atomic E-state index is 12.1. The first-order chi connectivity index (χ1) is 9.69. The minimum atomic E-state index is -0.0415. The van der Waals surface area contributed by atoms with Crippen molar-refractivity contribution in [2.45, 2.75) is 51.9 Å². The highest BCUT2D eigenvalue weighted by atomic mass is 127. The number of hydrogen-bond acceptors (Lipinski definition) is 2. The number of unbranched alkanes of at least 4 members (excludes halogenated alkanes) is 1. The maximum Gasteiger partial charge on any atom is 0.314 e. The maximum absolute atomic E-state index is 12.1. The Labute approximate surface area is 135 Å². The van der Waals surface area contributed by atoms with Crippen LogP contribution in [0.25, 0.3) is 0 Å². The molecule has 0 spiro atoms. The Morgan fingerprint density at radius 2 is 1.85 bits per heavy atom. The van der Waals surface area contributed by atoms with Gasteiger partial charge in [0.2, 0.25) is 0 Å². The first-order valence-electron chi connectivity index (χ1n) is 7.66. The minimum absolute atomic E-state index is 0.0415. The first kappa shape index (κ1) is 15.8. The second kappa shape index (κ2) is 8.01. The molecule has 1 aliphatic rings. The van der Waals surface area contributed by atoms with Crippen LogP contribution in [0, 0.1) is 15.4 Å². The second-order valence-electron chi connectivity index (χ2n) is 5.73. The van der Waals surface area contributed by atoms with E-state index in [2.05, 4.69) is 29.5 Å². The molecule has 0 saturated heterocycles. The van der Waals surface area contributed by atoms with Crippen molar-refractivity contribution in [3.63, 3.8) is 0 Å². The van der Waals surface area contributed by atoms with Crippen molar-refractivity contribution < 1.29 is 9.53 Å². The topological polar surface area (TPSA) is 26.3 Å². The SMILES string of the molecule is CCCCC1CCC(C(=O)Oc2ccc(I)cc2)CC1. The predicted molar refractivity (Wildman–Crippen MR) is 89.8 cm³/mol. The molecule has 2 nitrogen and oxygen atoms in total. The van der Waals surface area contributed by atoms with Gasteiger partial charge in [-0.05, 0) is 78.5 Å². The summed E-state index contributed by atoms with van der Waals surface area (Å²) in [7, 11) is 0. The van der Waals surface area contributed by atoms with Crippen LogP contribution >= 0.6 is 22.6 Å². The molecule has 20 heavy (non-hydrogen) atoms. The van der Waals surface area contributed by atoms with E-state index in [0.717, 1.165) is 22.3 Å². The van der Waals surface area contributed by atoms with Gasteiger partial charge in [0, 0.05) is 3.57 Å². The molecule has 110 valence electrons. The van der Waals surface area contributed by atoms with Gasteiger partial charge in [0.25, 0.3) is 0 Å². The molecular formula is C17H23IO2. The summed E-state index contributed by atoms with van der Waals surface area (Å²) in [6, 6.07) is 7.66. The van der Waals surface area contributed by atoms with E-state index in [1.54, 1.807) is 0 Å². The molecule has 3 heteroatoms. The van der Waals surface area contributed by atoms with Gasteiger partial charge in [-0.3, -0.25) is 4.79 Å². The molecular weight excluding hydrogens is 363 g/mol. The molecule has 0 unspecified atom stereocenters. The van der Waals surface area contributed by atoms with E-state index in [9.17, 15) is 4.79 Å². The standard InChI is InChI=1S/C17H23IO2/c1-2-3-4-13-5-7-14(8-6-13)17(19)20-16-11-9-15(18)10-12-16/h9-14H,2-8H2,1H3. The van der Waals surface area contributed by atoms with E-state index in [1.807, 2.05) is 24.3 Å². The Morgan fingerprint density at radius 3 is 2.45 bits per heavy atom. The van der Waals surface area contributed by atoms with E-state index in [1.165, 1.54) is 32.1 Å². The fourth-order valence-corrected chi connectivity index (χ4v) is 3.24. The van der Waals surface area contributed by atoms with Gasteiger partial charge in [-0.2, -0.15) is 0 Å². The summed E-state index contributed by atoms with van der Waals surface area (Å²) in [4.78, 5) is 12.1. The highest BCUT2D eigenvalue weighted by Gasteiger charge is 2.27. The monoisotopic (exact) mass is 386 g/mol. The van der Waals surface area contributed by atoms with E-state index in [4.69, 9.17) is 4.74 Å². The van der Waals surface area contributed by atoms with Gasteiger partial charge in [-0.25, -0.2) is 0 Å². The number of rotatable bonds is 5. The van der Waals surface area contributed by atoms with E-state index in [0.29, 0.717) is 5.75 Å². The van der Waals surface area contributed by atoms with Crippen LogP contribution in [0.2, 0.25) is 0 Å². The van der Waals surface area contributed by atoms with Gasteiger partial charge < -0.3 is 4.74 Å². The van der Waals surface area contributed by atoms with Crippen molar-refractivity contribution in [1.29, 1.82) is 0 Å². The third-order valence-electron chi connectivity index (χ3n) is 4.18. The Balaban J connectivity index is 1.78. The fraction of sp³-hybridized carbons (Fsp3) is 0.588. The van der Waals surface area contributed by atoms with Gasteiger partial charge in [0.15, 0.2) is 0 Å². The molecule has 1 aromatic carbocycles. The van der Waals surface area contributed by atoms with Crippen LogP contribution in [0.5, 0.6) is 5.75 Å². The van der Waals surface area contributed by atoms with Crippen molar-refractivity contribution in [3.05, 3.63) is 27.8 Å². The molecule has 0 aliphatic heterocycles. The van der Waals surface area contributed by atoms with E-state index >= 15 is 0 Å².